The first-order valence-electron chi connectivity index (χ1n) is 11.7. The molecule has 1 fully saturated rings. The van der Waals surface area contributed by atoms with E-state index < -0.39 is 53.7 Å². The third-order valence-electron chi connectivity index (χ3n) is 5.61. The number of carbonyl (C=O) groups is 3. The van der Waals surface area contributed by atoms with Crippen LogP contribution in [0.25, 0.3) is 11.2 Å². The number of nitrogens with zero attached hydrogens (tertiary/aromatic N) is 3. The largest absolute Gasteiger partial charge is 0.504 e. The van der Waals surface area contributed by atoms with Crippen molar-refractivity contribution in [2.75, 3.05) is 31.6 Å². The molecule has 1 aliphatic heterocycles. The number of imidazole rings is 1. The van der Waals surface area contributed by atoms with Gasteiger partial charge in [-0.2, -0.15) is 4.98 Å². The number of carbonyl (C=O) groups excluding carboxylic acids is 3. The van der Waals surface area contributed by atoms with E-state index in [9.17, 15) is 34.5 Å². The standard InChI is InChI=1S/C23H26N6O10/c1-10(2)20(34)27-23-26-19-17(21(35)28-23)25-9-29(19)15-6-24-5-12(39-15)7-37-16(32)8-38-22(36)11-3-13(30)18(33)14(31)4-11/h3-4,9-10,12,15,24,30-31,33H,5-8H2,1-2H3,(H2,26,27,28,34,35). The van der Waals surface area contributed by atoms with Crippen LogP contribution in [0.5, 0.6) is 17.2 Å². The van der Waals surface area contributed by atoms with Crippen molar-refractivity contribution in [1.82, 2.24) is 24.8 Å². The zero-order chi connectivity index (χ0) is 28.3. The second kappa shape index (κ2) is 11.4. The molecule has 16 nitrogen and oxygen atoms in total. The number of hydrogen-bond acceptors (Lipinski definition) is 13. The molecule has 0 spiro atoms. The number of amides is 1. The fraction of sp³-hybridized carbons (Fsp3) is 0.391. The van der Waals surface area contributed by atoms with Gasteiger partial charge >= 0.3 is 11.9 Å². The topological polar surface area (TPSA) is 227 Å². The van der Waals surface area contributed by atoms with Crippen LogP contribution < -0.4 is 16.2 Å². The minimum atomic E-state index is -1.04. The second-order valence-corrected chi connectivity index (χ2v) is 8.88. The number of nitrogens with one attached hydrogen (secondary N) is 3. The average Bonchev–Trinajstić information content (AvgIpc) is 3.33. The summed E-state index contributed by atoms with van der Waals surface area (Å²) in [7, 11) is 0. The van der Waals surface area contributed by atoms with Crippen LogP contribution in [-0.4, -0.2) is 85.1 Å². The van der Waals surface area contributed by atoms with Gasteiger partial charge in [0.2, 0.25) is 11.9 Å². The molecule has 208 valence electrons. The van der Waals surface area contributed by atoms with Crippen molar-refractivity contribution >= 4 is 35.0 Å². The van der Waals surface area contributed by atoms with E-state index in [4.69, 9.17) is 14.2 Å². The Balaban J connectivity index is 1.34. The normalized spacial score (nSPS) is 17.2. The molecule has 6 N–H and O–H groups in total. The highest BCUT2D eigenvalue weighted by molar-refractivity contribution is 5.92. The second-order valence-electron chi connectivity index (χ2n) is 8.88. The summed E-state index contributed by atoms with van der Waals surface area (Å²) >= 11 is 0. The number of phenols is 3. The third-order valence-corrected chi connectivity index (χ3v) is 5.61. The molecular formula is C23H26N6O10. The van der Waals surface area contributed by atoms with Crippen molar-refractivity contribution in [3.05, 3.63) is 34.4 Å². The maximum Gasteiger partial charge on any atom is 0.344 e. The van der Waals surface area contributed by atoms with Crippen LogP contribution in [0.1, 0.15) is 30.4 Å². The predicted octanol–water partition coefficient (Wildman–Crippen LogP) is -0.282. The van der Waals surface area contributed by atoms with Crippen molar-refractivity contribution in [3.8, 4) is 17.2 Å². The first-order chi connectivity index (χ1) is 18.5. The Bertz CT molecular complexity index is 1440. The lowest BCUT2D eigenvalue weighted by molar-refractivity contribution is -0.157. The number of fused-ring (bicyclic) bond motifs is 1. The van der Waals surface area contributed by atoms with Crippen molar-refractivity contribution in [2.45, 2.75) is 26.2 Å². The number of aromatic hydroxyl groups is 3. The predicted molar refractivity (Wildman–Crippen MR) is 131 cm³/mol. The molecule has 4 rings (SSSR count). The highest BCUT2D eigenvalue weighted by Crippen LogP contribution is 2.35. The summed E-state index contributed by atoms with van der Waals surface area (Å²) in [6.45, 7) is 3.09. The van der Waals surface area contributed by atoms with Crippen LogP contribution in [0.15, 0.2) is 23.3 Å². The monoisotopic (exact) mass is 546 g/mol. The molecular weight excluding hydrogens is 520 g/mol. The summed E-state index contributed by atoms with van der Waals surface area (Å²) in [6.07, 6.45) is 0.0806. The van der Waals surface area contributed by atoms with Crippen molar-refractivity contribution in [1.29, 1.82) is 0 Å². The van der Waals surface area contributed by atoms with Crippen molar-refractivity contribution < 1.29 is 43.9 Å². The average molecular weight is 546 g/mol. The van der Waals surface area contributed by atoms with Gasteiger partial charge in [-0.05, 0) is 12.1 Å². The SMILES string of the molecule is CC(C)C(=O)Nc1nc2c(ncn2C2CNCC(COC(=O)COC(=O)c3cc(O)c(O)c(O)c3)O2)c(=O)[nH]1. The molecule has 0 radical (unpaired) electrons. The molecule has 2 atom stereocenters. The van der Waals surface area contributed by atoms with Crippen LogP contribution in [0.2, 0.25) is 0 Å². The van der Waals surface area contributed by atoms with E-state index in [1.807, 2.05) is 0 Å². The summed E-state index contributed by atoms with van der Waals surface area (Å²) in [5, 5.41) is 34.0. The molecule has 1 aliphatic rings. The Hall–Kier alpha value is -4.70. The molecule has 3 heterocycles. The number of aromatic nitrogens is 4. The van der Waals surface area contributed by atoms with E-state index in [0.29, 0.717) is 13.1 Å². The zero-order valence-corrected chi connectivity index (χ0v) is 20.8. The Kier molecular flexibility index (Phi) is 7.96. The Morgan fingerprint density at radius 1 is 1.18 bits per heavy atom. The van der Waals surface area contributed by atoms with Gasteiger partial charge in [-0.1, -0.05) is 13.8 Å². The first kappa shape index (κ1) is 27.3. The van der Waals surface area contributed by atoms with Crippen LogP contribution in [0, 0.1) is 5.92 Å². The number of phenolic OH excluding ortho intramolecular Hbond substituents is 3. The van der Waals surface area contributed by atoms with Crippen LogP contribution in [0.4, 0.5) is 5.95 Å². The molecule has 1 saturated heterocycles. The number of esters is 2. The molecule has 2 unspecified atom stereocenters. The number of rotatable bonds is 8. The van der Waals surface area contributed by atoms with Gasteiger partial charge in [-0.3, -0.25) is 24.5 Å². The Morgan fingerprint density at radius 3 is 2.59 bits per heavy atom. The van der Waals surface area contributed by atoms with Crippen LogP contribution in [-0.2, 0) is 23.8 Å². The summed E-state index contributed by atoms with van der Waals surface area (Å²) in [5.74, 6) is -4.87. The van der Waals surface area contributed by atoms with E-state index in [-0.39, 0.29) is 41.1 Å². The molecule has 1 aromatic carbocycles. The fourth-order valence-corrected chi connectivity index (χ4v) is 3.56. The number of benzene rings is 1. The molecule has 1 amide bonds. The number of aromatic amines is 1. The molecule has 3 aromatic rings. The highest BCUT2D eigenvalue weighted by atomic mass is 16.6. The number of hydrogen-bond donors (Lipinski definition) is 6. The van der Waals surface area contributed by atoms with Crippen LogP contribution >= 0.6 is 0 Å². The maximum atomic E-state index is 12.4. The van der Waals surface area contributed by atoms with E-state index in [1.165, 1.54) is 10.9 Å². The summed E-state index contributed by atoms with van der Waals surface area (Å²) < 4.78 is 17.4. The number of H-pyrrole nitrogens is 1. The number of morpholine rings is 1. The van der Waals surface area contributed by atoms with Gasteiger partial charge in [-0.15, -0.1) is 0 Å². The van der Waals surface area contributed by atoms with Gasteiger partial charge in [0.1, 0.15) is 18.9 Å². The van der Waals surface area contributed by atoms with E-state index in [2.05, 4.69) is 25.6 Å². The third kappa shape index (κ3) is 6.24. The lowest BCUT2D eigenvalue weighted by Crippen LogP contribution is -2.45. The quantitative estimate of drug-likeness (QED) is 0.158. The molecule has 0 bridgehead atoms. The van der Waals surface area contributed by atoms with E-state index in [1.54, 1.807) is 13.8 Å². The molecule has 39 heavy (non-hydrogen) atoms. The molecule has 2 aromatic heterocycles. The van der Waals surface area contributed by atoms with E-state index >= 15 is 0 Å². The smallest absolute Gasteiger partial charge is 0.344 e. The summed E-state index contributed by atoms with van der Waals surface area (Å²) in [5.41, 5.74) is -0.600. The van der Waals surface area contributed by atoms with Gasteiger partial charge in [-0.25, -0.2) is 14.6 Å². The fourth-order valence-electron chi connectivity index (χ4n) is 3.56. The van der Waals surface area contributed by atoms with Gasteiger partial charge in [0.05, 0.1) is 11.9 Å². The minimum Gasteiger partial charge on any atom is -0.504 e. The first-order valence-corrected chi connectivity index (χ1v) is 11.7. The summed E-state index contributed by atoms with van der Waals surface area (Å²) in [6, 6.07) is 1.74. The van der Waals surface area contributed by atoms with Gasteiger partial charge in [0.15, 0.2) is 35.0 Å². The lowest BCUT2D eigenvalue weighted by atomic mass is 10.2. The maximum absolute atomic E-state index is 12.4. The van der Waals surface area contributed by atoms with Gasteiger partial charge in [0.25, 0.3) is 5.56 Å². The lowest BCUT2D eigenvalue weighted by Gasteiger charge is -2.31. The molecule has 0 aliphatic carbocycles. The van der Waals surface area contributed by atoms with E-state index in [0.717, 1.165) is 12.1 Å². The van der Waals surface area contributed by atoms with Crippen molar-refractivity contribution in [2.24, 2.45) is 5.92 Å². The minimum absolute atomic E-state index is 0.0329. The highest BCUT2D eigenvalue weighted by Gasteiger charge is 2.27. The van der Waals surface area contributed by atoms with Gasteiger partial charge in [0, 0.05) is 19.0 Å². The Morgan fingerprint density at radius 2 is 1.90 bits per heavy atom. The number of ether oxygens (including phenoxy) is 3. The molecule has 0 saturated carbocycles. The van der Waals surface area contributed by atoms with Gasteiger partial charge < -0.3 is 34.8 Å². The number of anilines is 1. The zero-order valence-electron chi connectivity index (χ0n) is 20.8. The van der Waals surface area contributed by atoms with Crippen LogP contribution in [0.3, 0.4) is 0 Å². The van der Waals surface area contributed by atoms with Crippen molar-refractivity contribution in [3.63, 3.8) is 0 Å². The summed E-state index contributed by atoms with van der Waals surface area (Å²) in [4.78, 5) is 59.5. The Labute approximate surface area is 219 Å². The molecule has 16 heteroatoms.